The normalized spacial score (nSPS) is 13.8. The molecule has 0 bridgehead atoms. The smallest absolute Gasteiger partial charge is 0.0794 e. The summed E-state index contributed by atoms with van der Waals surface area (Å²) in [6.07, 6.45) is 5.73. The van der Waals surface area contributed by atoms with Crippen LogP contribution < -0.4 is 5.32 Å². The van der Waals surface area contributed by atoms with Gasteiger partial charge in [-0.3, -0.25) is 4.98 Å². The van der Waals surface area contributed by atoms with Gasteiger partial charge in [-0.2, -0.15) is 0 Å². The van der Waals surface area contributed by atoms with E-state index in [0.717, 1.165) is 6.54 Å². The zero-order valence-corrected chi connectivity index (χ0v) is 9.89. The van der Waals surface area contributed by atoms with Crippen molar-refractivity contribution >= 4 is 17.0 Å². The van der Waals surface area contributed by atoms with Gasteiger partial charge < -0.3 is 5.32 Å². The molecule has 0 fully saturated rings. The first-order valence-electron chi connectivity index (χ1n) is 5.65. The average molecular weight is 230 g/mol. The second-order valence-corrected chi connectivity index (χ2v) is 5.13. The number of thiazole rings is 1. The molecule has 2 aromatic rings. The van der Waals surface area contributed by atoms with E-state index in [0.29, 0.717) is 0 Å². The molecule has 82 valence electrons. The van der Waals surface area contributed by atoms with Crippen LogP contribution in [0.25, 0.3) is 0 Å². The molecule has 1 aromatic carbocycles. The van der Waals surface area contributed by atoms with Gasteiger partial charge in [0.2, 0.25) is 0 Å². The number of aromatic nitrogens is 1. The summed E-state index contributed by atoms with van der Waals surface area (Å²) in [6, 6.07) is 6.74. The number of fused-ring (bicyclic) bond motifs is 1. The van der Waals surface area contributed by atoms with Crippen molar-refractivity contribution < 1.29 is 0 Å². The predicted octanol–water partition coefficient (Wildman–Crippen LogP) is 3.24. The van der Waals surface area contributed by atoms with Crippen LogP contribution in [0.1, 0.15) is 22.4 Å². The minimum atomic E-state index is 0.878. The highest BCUT2D eigenvalue weighted by atomic mass is 32.1. The molecule has 1 N–H and O–H groups in total. The summed E-state index contributed by atoms with van der Waals surface area (Å²) < 4.78 is 0. The van der Waals surface area contributed by atoms with E-state index < -0.39 is 0 Å². The van der Waals surface area contributed by atoms with Crippen LogP contribution in [0.3, 0.4) is 0 Å². The monoisotopic (exact) mass is 230 g/mol. The Hall–Kier alpha value is -1.35. The highest BCUT2D eigenvalue weighted by Crippen LogP contribution is 2.25. The first-order chi connectivity index (χ1) is 7.92. The van der Waals surface area contributed by atoms with Crippen molar-refractivity contribution in [2.24, 2.45) is 0 Å². The average Bonchev–Trinajstić information content (AvgIpc) is 2.97. The molecule has 1 heterocycles. The number of aryl methyl sites for hydroxylation is 2. The largest absolute Gasteiger partial charge is 0.380 e. The maximum atomic E-state index is 4.07. The van der Waals surface area contributed by atoms with Gasteiger partial charge in [-0.1, -0.05) is 6.07 Å². The van der Waals surface area contributed by atoms with Crippen molar-refractivity contribution in [2.75, 3.05) is 5.32 Å². The molecular weight excluding hydrogens is 216 g/mol. The fourth-order valence-electron chi connectivity index (χ4n) is 2.20. The van der Waals surface area contributed by atoms with E-state index in [1.54, 1.807) is 11.3 Å². The van der Waals surface area contributed by atoms with Crippen molar-refractivity contribution in [3.63, 3.8) is 0 Å². The van der Waals surface area contributed by atoms with Gasteiger partial charge in [0.05, 0.1) is 12.1 Å². The molecule has 2 nitrogen and oxygen atoms in total. The Labute approximate surface area is 99.4 Å². The highest BCUT2D eigenvalue weighted by Gasteiger charge is 2.10. The van der Waals surface area contributed by atoms with Gasteiger partial charge in [0.1, 0.15) is 0 Å². The van der Waals surface area contributed by atoms with Gasteiger partial charge in [-0.25, -0.2) is 0 Å². The third-order valence-electron chi connectivity index (χ3n) is 3.05. The maximum Gasteiger partial charge on any atom is 0.0794 e. The molecule has 0 spiro atoms. The third-order valence-corrected chi connectivity index (χ3v) is 3.83. The molecular formula is C13H14N2S. The zero-order chi connectivity index (χ0) is 10.8. The van der Waals surface area contributed by atoms with Crippen LogP contribution in [-0.2, 0) is 19.4 Å². The number of nitrogens with zero attached hydrogens (tertiary/aromatic N) is 1. The van der Waals surface area contributed by atoms with Crippen LogP contribution in [0.5, 0.6) is 0 Å². The van der Waals surface area contributed by atoms with Crippen molar-refractivity contribution in [2.45, 2.75) is 25.8 Å². The fraction of sp³-hybridized carbons (Fsp3) is 0.308. The van der Waals surface area contributed by atoms with Crippen molar-refractivity contribution in [3.8, 4) is 0 Å². The van der Waals surface area contributed by atoms with Crippen molar-refractivity contribution in [1.82, 2.24) is 4.98 Å². The number of anilines is 1. The Kier molecular flexibility index (Phi) is 2.62. The molecule has 16 heavy (non-hydrogen) atoms. The Morgan fingerprint density at radius 3 is 3.06 bits per heavy atom. The van der Waals surface area contributed by atoms with E-state index in [9.17, 15) is 0 Å². The van der Waals surface area contributed by atoms with Crippen molar-refractivity contribution in [1.29, 1.82) is 0 Å². The summed E-state index contributed by atoms with van der Waals surface area (Å²) in [4.78, 5) is 5.35. The van der Waals surface area contributed by atoms with Gasteiger partial charge >= 0.3 is 0 Å². The summed E-state index contributed by atoms with van der Waals surface area (Å²) in [5.41, 5.74) is 6.16. The van der Waals surface area contributed by atoms with Gasteiger partial charge in [-0.05, 0) is 42.5 Å². The van der Waals surface area contributed by atoms with Crippen molar-refractivity contribution in [3.05, 3.63) is 45.9 Å². The number of nitrogens with one attached hydrogen (secondary N) is 1. The molecule has 0 saturated heterocycles. The lowest BCUT2D eigenvalue weighted by Crippen LogP contribution is -1.98. The molecule has 3 heteroatoms. The Morgan fingerprint density at radius 1 is 1.25 bits per heavy atom. The van der Waals surface area contributed by atoms with E-state index in [4.69, 9.17) is 0 Å². The summed E-state index contributed by atoms with van der Waals surface area (Å²) in [7, 11) is 0. The number of benzene rings is 1. The molecule has 0 radical (unpaired) electrons. The van der Waals surface area contributed by atoms with Crippen LogP contribution in [0.15, 0.2) is 29.9 Å². The molecule has 1 aromatic heterocycles. The quantitative estimate of drug-likeness (QED) is 0.875. The minimum absolute atomic E-state index is 0.878. The summed E-state index contributed by atoms with van der Waals surface area (Å²) in [5, 5.41) is 3.45. The molecule has 3 rings (SSSR count). The Morgan fingerprint density at radius 2 is 2.19 bits per heavy atom. The lowest BCUT2D eigenvalue weighted by Gasteiger charge is -2.07. The molecule has 0 saturated carbocycles. The SMILES string of the molecule is c1ncc(CNc2ccc3c(c2)CCC3)s1. The van der Waals surface area contributed by atoms with Crippen LogP contribution in [0.2, 0.25) is 0 Å². The first kappa shape index (κ1) is 9.85. The van der Waals surface area contributed by atoms with E-state index >= 15 is 0 Å². The first-order valence-corrected chi connectivity index (χ1v) is 6.53. The van der Waals surface area contributed by atoms with Crippen LogP contribution in [0.4, 0.5) is 5.69 Å². The molecule has 1 aliphatic carbocycles. The number of hydrogen-bond acceptors (Lipinski definition) is 3. The third kappa shape index (κ3) is 1.95. The topological polar surface area (TPSA) is 24.9 Å². The maximum absolute atomic E-state index is 4.07. The van der Waals surface area contributed by atoms with Gasteiger partial charge in [-0.15, -0.1) is 11.3 Å². The van der Waals surface area contributed by atoms with Gasteiger partial charge in [0.25, 0.3) is 0 Å². The van der Waals surface area contributed by atoms with Gasteiger partial charge in [0.15, 0.2) is 0 Å². The Bertz CT molecular complexity index is 477. The summed E-state index contributed by atoms with van der Waals surface area (Å²) >= 11 is 1.69. The number of rotatable bonds is 3. The molecule has 0 aliphatic heterocycles. The van der Waals surface area contributed by atoms with Crippen LogP contribution in [-0.4, -0.2) is 4.98 Å². The summed E-state index contributed by atoms with van der Waals surface area (Å²) in [5.74, 6) is 0. The fourth-order valence-corrected chi connectivity index (χ4v) is 2.73. The molecule has 0 atom stereocenters. The minimum Gasteiger partial charge on any atom is -0.380 e. The van der Waals surface area contributed by atoms with Crippen LogP contribution >= 0.6 is 11.3 Å². The standard InChI is InChI=1S/C13H14N2S/c1-2-10-4-5-12(6-11(10)3-1)15-8-13-7-14-9-16-13/h4-7,9,15H,1-3,8H2. The van der Waals surface area contributed by atoms with E-state index in [2.05, 4.69) is 28.5 Å². The Balaban J connectivity index is 1.71. The van der Waals surface area contributed by atoms with E-state index in [-0.39, 0.29) is 0 Å². The lowest BCUT2D eigenvalue weighted by atomic mass is 10.1. The molecule has 0 amide bonds. The second-order valence-electron chi connectivity index (χ2n) is 4.16. The summed E-state index contributed by atoms with van der Waals surface area (Å²) in [6.45, 7) is 0.878. The predicted molar refractivity (Wildman–Crippen MR) is 67.9 cm³/mol. The van der Waals surface area contributed by atoms with E-state index in [1.165, 1.54) is 41.0 Å². The highest BCUT2D eigenvalue weighted by molar-refractivity contribution is 7.09. The molecule has 0 unspecified atom stereocenters. The number of hydrogen-bond donors (Lipinski definition) is 1. The van der Waals surface area contributed by atoms with Gasteiger partial charge in [0, 0.05) is 16.8 Å². The lowest BCUT2D eigenvalue weighted by molar-refractivity contribution is 0.912. The zero-order valence-electron chi connectivity index (χ0n) is 9.07. The van der Waals surface area contributed by atoms with Crippen LogP contribution in [0, 0.1) is 0 Å². The molecule has 1 aliphatic rings. The second kappa shape index (κ2) is 4.26. The van der Waals surface area contributed by atoms with E-state index in [1.807, 2.05) is 11.7 Å².